The van der Waals surface area contributed by atoms with Crippen LogP contribution in [0.3, 0.4) is 0 Å². The quantitative estimate of drug-likeness (QED) is 0.866. The molecule has 1 aromatic rings. The van der Waals surface area contributed by atoms with Crippen molar-refractivity contribution < 1.29 is 4.79 Å². The van der Waals surface area contributed by atoms with E-state index >= 15 is 0 Å². The summed E-state index contributed by atoms with van der Waals surface area (Å²) in [5.74, 6) is 0.523. The molecule has 3 heteroatoms. The Bertz CT molecular complexity index is 397. The summed E-state index contributed by atoms with van der Waals surface area (Å²) in [5, 5.41) is 3.29. The number of Topliss-reactive ketones (excluding diaryl/α,β-unsaturated/α-hetero) is 1. The van der Waals surface area contributed by atoms with Gasteiger partial charge in [-0.25, -0.2) is 0 Å². The number of ketones is 1. The highest BCUT2D eigenvalue weighted by Gasteiger charge is 2.26. The number of nitrogens with one attached hydrogen (secondary N) is 1. The number of rotatable bonds is 3. The van der Waals surface area contributed by atoms with Gasteiger partial charge in [0.05, 0.1) is 0 Å². The van der Waals surface area contributed by atoms with Gasteiger partial charge in [-0.2, -0.15) is 0 Å². The number of hydrogen-bond donors (Lipinski definition) is 1. The van der Waals surface area contributed by atoms with Crippen LogP contribution in [0.4, 0.5) is 0 Å². The molecule has 0 heterocycles. The van der Waals surface area contributed by atoms with E-state index in [-0.39, 0.29) is 5.92 Å². The minimum Gasteiger partial charge on any atom is -0.317 e. The van der Waals surface area contributed by atoms with Crippen molar-refractivity contribution in [3.63, 3.8) is 0 Å². The van der Waals surface area contributed by atoms with Crippen LogP contribution in [0.25, 0.3) is 0 Å². The lowest BCUT2D eigenvalue weighted by Gasteiger charge is -2.27. The second-order valence-corrected chi connectivity index (χ2v) is 5.63. The maximum atomic E-state index is 12.3. The highest BCUT2D eigenvalue weighted by atomic mass is 79.9. The molecule has 1 saturated carbocycles. The van der Waals surface area contributed by atoms with Gasteiger partial charge < -0.3 is 5.32 Å². The number of hydrogen-bond acceptors (Lipinski definition) is 2. The molecule has 0 aromatic heterocycles. The minimum atomic E-state index is 0.217. The van der Waals surface area contributed by atoms with Crippen molar-refractivity contribution in [2.45, 2.75) is 31.7 Å². The third-order valence-corrected chi connectivity index (χ3v) is 4.11. The van der Waals surface area contributed by atoms with Crippen LogP contribution in [0, 0.1) is 5.92 Å². The summed E-state index contributed by atoms with van der Waals surface area (Å²) in [6.45, 7) is 0. The molecular formula is C14H18BrNO. The van der Waals surface area contributed by atoms with Crippen LogP contribution >= 0.6 is 15.9 Å². The summed E-state index contributed by atoms with van der Waals surface area (Å²) in [4.78, 5) is 12.3. The van der Waals surface area contributed by atoms with Crippen LogP contribution in [0.1, 0.15) is 36.0 Å². The molecule has 92 valence electrons. The van der Waals surface area contributed by atoms with Crippen LogP contribution < -0.4 is 5.32 Å². The van der Waals surface area contributed by atoms with E-state index in [1.165, 1.54) is 0 Å². The summed E-state index contributed by atoms with van der Waals surface area (Å²) in [6, 6.07) is 8.32. The van der Waals surface area contributed by atoms with E-state index in [4.69, 9.17) is 0 Å². The topological polar surface area (TPSA) is 29.1 Å². The zero-order chi connectivity index (χ0) is 12.3. The van der Waals surface area contributed by atoms with Gasteiger partial charge >= 0.3 is 0 Å². The predicted molar refractivity (Wildman–Crippen MR) is 73.3 cm³/mol. The first kappa shape index (κ1) is 12.8. The monoisotopic (exact) mass is 295 g/mol. The molecule has 1 N–H and O–H groups in total. The molecule has 1 aliphatic carbocycles. The molecule has 0 bridgehead atoms. The van der Waals surface area contributed by atoms with E-state index in [0.29, 0.717) is 11.8 Å². The zero-order valence-corrected chi connectivity index (χ0v) is 11.7. The summed E-state index contributed by atoms with van der Waals surface area (Å²) < 4.78 is 0.979. The second-order valence-electron chi connectivity index (χ2n) is 4.71. The SMILES string of the molecule is CNC1CCC(C(=O)c2cccc(Br)c2)CC1. The molecule has 2 nitrogen and oxygen atoms in total. The summed E-state index contributed by atoms with van der Waals surface area (Å²) in [7, 11) is 2.00. The molecule has 0 aliphatic heterocycles. The fraction of sp³-hybridized carbons (Fsp3) is 0.500. The van der Waals surface area contributed by atoms with Gasteiger partial charge in [-0.05, 0) is 44.9 Å². The molecular weight excluding hydrogens is 278 g/mol. The second kappa shape index (κ2) is 5.78. The average Bonchev–Trinajstić information content (AvgIpc) is 2.38. The van der Waals surface area contributed by atoms with Crippen LogP contribution in [-0.2, 0) is 0 Å². The van der Waals surface area contributed by atoms with Gasteiger partial charge in [0.25, 0.3) is 0 Å². The molecule has 0 radical (unpaired) electrons. The van der Waals surface area contributed by atoms with Gasteiger partial charge in [0.15, 0.2) is 5.78 Å². The van der Waals surface area contributed by atoms with Crippen LogP contribution in [0.5, 0.6) is 0 Å². The molecule has 1 aromatic carbocycles. The average molecular weight is 296 g/mol. The Labute approximate surface area is 111 Å². The van der Waals surface area contributed by atoms with Crippen molar-refractivity contribution in [3.8, 4) is 0 Å². The van der Waals surface area contributed by atoms with Gasteiger partial charge in [-0.1, -0.05) is 28.1 Å². The Morgan fingerprint density at radius 2 is 2.00 bits per heavy atom. The molecule has 0 unspecified atom stereocenters. The zero-order valence-electron chi connectivity index (χ0n) is 10.1. The third kappa shape index (κ3) is 3.17. The van der Waals surface area contributed by atoms with E-state index in [1.807, 2.05) is 31.3 Å². The van der Waals surface area contributed by atoms with Crippen LogP contribution in [0.2, 0.25) is 0 Å². The Morgan fingerprint density at radius 1 is 1.29 bits per heavy atom. The number of benzene rings is 1. The third-order valence-electron chi connectivity index (χ3n) is 3.62. The largest absolute Gasteiger partial charge is 0.317 e. The van der Waals surface area contributed by atoms with Gasteiger partial charge in [-0.15, -0.1) is 0 Å². The lowest BCUT2D eigenvalue weighted by atomic mass is 9.81. The molecule has 2 rings (SSSR count). The molecule has 0 atom stereocenters. The molecule has 17 heavy (non-hydrogen) atoms. The van der Waals surface area contributed by atoms with Gasteiger partial charge in [0.1, 0.15) is 0 Å². The Balaban J connectivity index is 2.02. The first-order chi connectivity index (χ1) is 8.20. The molecule has 0 amide bonds. The lowest BCUT2D eigenvalue weighted by Crippen LogP contribution is -2.32. The van der Waals surface area contributed by atoms with E-state index in [9.17, 15) is 4.79 Å². The highest BCUT2D eigenvalue weighted by molar-refractivity contribution is 9.10. The molecule has 0 spiro atoms. The predicted octanol–water partition coefficient (Wildman–Crippen LogP) is 3.41. The van der Waals surface area contributed by atoms with Gasteiger partial charge in [0, 0.05) is 22.0 Å². The van der Waals surface area contributed by atoms with Crippen LogP contribution in [-0.4, -0.2) is 18.9 Å². The first-order valence-corrected chi connectivity index (χ1v) is 6.97. The lowest BCUT2D eigenvalue weighted by molar-refractivity contribution is 0.0881. The Kier molecular flexibility index (Phi) is 4.35. The van der Waals surface area contributed by atoms with Crippen molar-refractivity contribution in [2.24, 2.45) is 5.92 Å². The normalized spacial score (nSPS) is 24.6. The van der Waals surface area contributed by atoms with Crippen LogP contribution in [0.15, 0.2) is 28.7 Å². The smallest absolute Gasteiger partial charge is 0.165 e. The standard InChI is InChI=1S/C14H18BrNO/c1-16-13-7-5-10(6-8-13)14(17)11-3-2-4-12(15)9-11/h2-4,9-10,13,16H,5-8H2,1H3. The highest BCUT2D eigenvalue weighted by Crippen LogP contribution is 2.27. The summed E-state index contributed by atoms with van der Waals surface area (Å²) in [6.07, 6.45) is 4.25. The molecule has 1 aliphatic rings. The Morgan fingerprint density at radius 3 is 2.59 bits per heavy atom. The van der Waals surface area contributed by atoms with E-state index in [2.05, 4.69) is 21.2 Å². The fourth-order valence-electron chi connectivity index (χ4n) is 2.52. The van der Waals surface area contributed by atoms with Crippen molar-refractivity contribution in [3.05, 3.63) is 34.3 Å². The summed E-state index contributed by atoms with van der Waals surface area (Å²) in [5.41, 5.74) is 0.840. The van der Waals surface area contributed by atoms with E-state index < -0.39 is 0 Å². The van der Waals surface area contributed by atoms with Crippen molar-refractivity contribution in [1.29, 1.82) is 0 Å². The number of carbonyl (C=O) groups excluding carboxylic acids is 1. The van der Waals surface area contributed by atoms with Crippen molar-refractivity contribution >= 4 is 21.7 Å². The maximum absolute atomic E-state index is 12.3. The maximum Gasteiger partial charge on any atom is 0.165 e. The summed E-state index contributed by atoms with van der Waals surface area (Å²) >= 11 is 3.41. The molecule has 0 saturated heterocycles. The number of halogens is 1. The van der Waals surface area contributed by atoms with Crippen molar-refractivity contribution in [1.82, 2.24) is 5.32 Å². The Hall–Kier alpha value is -0.670. The van der Waals surface area contributed by atoms with E-state index in [1.54, 1.807) is 0 Å². The van der Waals surface area contributed by atoms with Gasteiger partial charge in [0.2, 0.25) is 0 Å². The van der Waals surface area contributed by atoms with E-state index in [0.717, 1.165) is 35.7 Å². The molecule has 1 fully saturated rings. The number of carbonyl (C=O) groups is 1. The fourth-order valence-corrected chi connectivity index (χ4v) is 2.92. The van der Waals surface area contributed by atoms with Gasteiger partial charge in [-0.3, -0.25) is 4.79 Å². The van der Waals surface area contributed by atoms with Crippen molar-refractivity contribution in [2.75, 3.05) is 7.05 Å². The minimum absolute atomic E-state index is 0.217. The first-order valence-electron chi connectivity index (χ1n) is 6.17.